The van der Waals surface area contributed by atoms with E-state index in [2.05, 4.69) is 35.2 Å². The second-order valence-electron chi connectivity index (χ2n) is 4.18. The molecule has 0 radical (unpaired) electrons. The van der Waals surface area contributed by atoms with Gasteiger partial charge in [-0.2, -0.15) is 0 Å². The maximum Gasteiger partial charge on any atom is 0.0555 e. The third-order valence-corrected chi connectivity index (χ3v) is 3.26. The van der Waals surface area contributed by atoms with Crippen LogP contribution in [-0.4, -0.2) is 36.2 Å². The molecule has 0 saturated heterocycles. The molecule has 3 N–H and O–H groups in total. The first-order chi connectivity index (χ1) is 8.11. The highest BCUT2D eigenvalue weighted by Gasteiger charge is 2.04. The lowest BCUT2D eigenvalue weighted by molar-refractivity contribution is 0.163. The third-order valence-electron chi connectivity index (χ3n) is 2.34. The van der Waals surface area contributed by atoms with E-state index >= 15 is 0 Å². The first kappa shape index (κ1) is 14.2. The average molecular weight is 252 g/mol. The standard InChI is InChI=1S/C13H20N2OS/c1-11(16)5-7-15(2)9-13-8-12(10-17-13)4-3-6-14/h8,10-11,16H,5-7,9,14H2,1-2H3. The zero-order valence-electron chi connectivity index (χ0n) is 10.4. The van der Waals surface area contributed by atoms with Crippen LogP contribution in [0.25, 0.3) is 0 Å². The van der Waals surface area contributed by atoms with Gasteiger partial charge in [0.2, 0.25) is 0 Å². The minimum Gasteiger partial charge on any atom is -0.393 e. The molecule has 17 heavy (non-hydrogen) atoms. The van der Waals surface area contributed by atoms with E-state index in [-0.39, 0.29) is 6.10 Å². The summed E-state index contributed by atoms with van der Waals surface area (Å²) in [6, 6.07) is 2.10. The van der Waals surface area contributed by atoms with Crippen LogP contribution >= 0.6 is 11.3 Å². The van der Waals surface area contributed by atoms with Gasteiger partial charge in [0, 0.05) is 28.9 Å². The van der Waals surface area contributed by atoms with Crippen LogP contribution in [0.4, 0.5) is 0 Å². The molecule has 0 aliphatic heterocycles. The van der Waals surface area contributed by atoms with Gasteiger partial charge in [0.15, 0.2) is 0 Å². The fourth-order valence-electron chi connectivity index (χ4n) is 1.43. The molecular formula is C13H20N2OS. The molecule has 0 aromatic carbocycles. The van der Waals surface area contributed by atoms with E-state index < -0.39 is 0 Å². The monoisotopic (exact) mass is 252 g/mol. The van der Waals surface area contributed by atoms with Gasteiger partial charge in [-0.3, -0.25) is 0 Å². The molecule has 4 heteroatoms. The lowest BCUT2D eigenvalue weighted by Gasteiger charge is -2.16. The fraction of sp³-hybridized carbons (Fsp3) is 0.538. The first-order valence-electron chi connectivity index (χ1n) is 5.74. The van der Waals surface area contributed by atoms with Crippen LogP contribution in [0.2, 0.25) is 0 Å². The Morgan fingerprint density at radius 2 is 2.35 bits per heavy atom. The van der Waals surface area contributed by atoms with E-state index in [1.165, 1.54) is 4.88 Å². The Morgan fingerprint density at radius 3 is 3.00 bits per heavy atom. The van der Waals surface area contributed by atoms with E-state index in [1.54, 1.807) is 11.3 Å². The average Bonchev–Trinajstić information content (AvgIpc) is 2.71. The van der Waals surface area contributed by atoms with E-state index in [0.29, 0.717) is 6.54 Å². The number of aliphatic hydroxyl groups excluding tert-OH is 1. The minimum absolute atomic E-state index is 0.230. The van der Waals surface area contributed by atoms with E-state index in [4.69, 9.17) is 5.73 Å². The van der Waals surface area contributed by atoms with Crippen molar-refractivity contribution in [2.45, 2.75) is 26.0 Å². The van der Waals surface area contributed by atoms with Crippen molar-refractivity contribution in [2.24, 2.45) is 5.73 Å². The maximum absolute atomic E-state index is 9.21. The molecule has 0 fully saturated rings. The second-order valence-corrected chi connectivity index (χ2v) is 5.18. The van der Waals surface area contributed by atoms with Crippen LogP contribution in [0.1, 0.15) is 23.8 Å². The molecule has 94 valence electrons. The number of hydrogen-bond acceptors (Lipinski definition) is 4. The van der Waals surface area contributed by atoms with Crippen LogP contribution in [0.3, 0.4) is 0 Å². The number of hydrogen-bond donors (Lipinski definition) is 2. The predicted molar refractivity (Wildman–Crippen MR) is 72.9 cm³/mol. The first-order valence-corrected chi connectivity index (χ1v) is 6.62. The zero-order chi connectivity index (χ0) is 12.7. The van der Waals surface area contributed by atoms with Crippen molar-refractivity contribution in [1.82, 2.24) is 4.90 Å². The topological polar surface area (TPSA) is 49.5 Å². The van der Waals surface area contributed by atoms with Crippen molar-refractivity contribution < 1.29 is 5.11 Å². The minimum atomic E-state index is -0.230. The summed E-state index contributed by atoms with van der Waals surface area (Å²) in [5.41, 5.74) is 6.37. The molecule has 3 nitrogen and oxygen atoms in total. The molecule has 1 heterocycles. The Hall–Kier alpha value is -0.860. The molecule has 0 bridgehead atoms. The van der Waals surface area contributed by atoms with Crippen molar-refractivity contribution in [3.05, 3.63) is 21.9 Å². The van der Waals surface area contributed by atoms with Crippen LogP contribution in [-0.2, 0) is 6.54 Å². The van der Waals surface area contributed by atoms with Gasteiger partial charge in [0.05, 0.1) is 12.6 Å². The van der Waals surface area contributed by atoms with Crippen molar-refractivity contribution in [1.29, 1.82) is 0 Å². The van der Waals surface area contributed by atoms with Gasteiger partial charge in [0.25, 0.3) is 0 Å². The van der Waals surface area contributed by atoms with Crippen LogP contribution < -0.4 is 5.73 Å². The maximum atomic E-state index is 9.21. The summed E-state index contributed by atoms with van der Waals surface area (Å²) in [5, 5.41) is 11.3. The highest BCUT2D eigenvalue weighted by atomic mass is 32.1. The van der Waals surface area contributed by atoms with Crippen molar-refractivity contribution >= 4 is 11.3 Å². The quantitative estimate of drug-likeness (QED) is 0.776. The van der Waals surface area contributed by atoms with Gasteiger partial charge in [-0.25, -0.2) is 0 Å². The van der Waals surface area contributed by atoms with Gasteiger partial charge in [-0.1, -0.05) is 11.8 Å². The second kappa shape index (κ2) is 7.46. The normalized spacial score (nSPS) is 12.3. The summed E-state index contributed by atoms with van der Waals surface area (Å²) in [7, 11) is 2.06. The summed E-state index contributed by atoms with van der Waals surface area (Å²) in [5.74, 6) is 5.87. The zero-order valence-corrected chi connectivity index (χ0v) is 11.3. The number of aliphatic hydroxyl groups is 1. The van der Waals surface area contributed by atoms with Gasteiger partial charge in [0.1, 0.15) is 0 Å². The van der Waals surface area contributed by atoms with Crippen molar-refractivity contribution in [3.8, 4) is 11.8 Å². The lowest BCUT2D eigenvalue weighted by Crippen LogP contribution is -2.21. The van der Waals surface area contributed by atoms with Crippen LogP contribution in [0, 0.1) is 11.8 Å². The molecular weight excluding hydrogens is 232 g/mol. The molecule has 0 saturated carbocycles. The van der Waals surface area contributed by atoms with Gasteiger partial charge >= 0.3 is 0 Å². The Balaban J connectivity index is 2.43. The molecule has 1 unspecified atom stereocenters. The SMILES string of the molecule is CC(O)CCN(C)Cc1cc(C#CCN)cs1. The molecule has 0 aliphatic carbocycles. The lowest BCUT2D eigenvalue weighted by atomic mass is 10.2. The molecule has 1 aromatic rings. The van der Waals surface area contributed by atoms with Crippen LogP contribution in [0.15, 0.2) is 11.4 Å². The highest BCUT2D eigenvalue weighted by Crippen LogP contribution is 2.15. The molecule has 1 rings (SSSR count). The summed E-state index contributed by atoms with van der Waals surface area (Å²) < 4.78 is 0. The smallest absolute Gasteiger partial charge is 0.0555 e. The molecule has 1 aromatic heterocycles. The molecule has 0 spiro atoms. The fourth-order valence-corrected chi connectivity index (χ4v) is 2.33. The number of rotatable bonds is 5. The predicted octanol–water partition coefficient (Wildman–Crippen LogP) is 1.26. The Bertz CT molecular complexity index is 390. The van der Waals surface area contributed by atoms with E-state index in [1.807, 2.05) is 6.92 Å². The van der Waals surface area contributed by atoms with Crippen molar-refractivity contribution in [2.75, 3.05) is 20.1 Å². The summed E-state index contributed by atoms with van der Waals surface area (Å²) >= 11 is 1.72. The van der Waals surface area contributed by atoms with Crippen LogP contribution in [0.5, 0.6) is 0 Å². The number of nitrogens with two attached hydrogens (primary N) is 1. The molecule has 0 aliphatic rings. The van der Waals surface area contributed by atoms with Gasteiger partial charge in [-0.15, -0.1) is 11.3 Å². The largest absolute Gasteiger partial charge is 0.393 e. The highest BCUT2D eigenvalue weighted by molar-refractivity contribution is 7.10. The number of nitrogens with zero attached hydrogens (tertiary/aromatic N) is 1. The third kappa shape index (κ3) is 5.85. The molecule has 1 atom stereocenters. The Kier molecular flexibility index (Phi) is 6.23. The summed E-state index contributed by atoms with van der Waals surface area (Å²) in [6.07, 6.45) is 0.577. The molecule has 0 amide bonds. The Morgan fingerprint density at radius 1 is 1.59 bits per heavy atom. The van der Waals surface area contributed by atoms with Gasteiger partial charge < -0.3 is 15.7 Å². The number of thiophene rings is 1. The van der Waals surface area contributed by atoms with Gasteiger partial charge in [-0.05, 0) is 26.5 Å². The van der Waals surface area contributed by atoms with E-state index in [0.717, 1.165) is 25.1 Å². The summed E-state index contributed by atoms with van der Waals surface area (Å²) in [6.45, 7) is 4.03. The van der Waals surface area contributed by atoms with E-state index in [9.17, 15) is 5.11 Å². The van der Waals surface area contributed by atoms with Crippen molar-refractivity contribution in [3.63, 3.8) is 0 Å². The Labute approximate surface area is 107 Å². The summed E-state index contributed by atoms with van der Waals surface area (Å²) in [4.78, 5) is 3.50.